The second-order valence-corrected chi connectivity index (χ2v) is 6.33. The highest BCUT2D eigenvalue weighted by Gasteiger charge is 2.31. The minimum absolute atomic E-state index is 0.00994. The molecule has 1 saturated heterocycles. The second kappa shape index (κ2) is 7.32. The zero-order valence-electron chi connectivity index (χ0n) is 13.4. The molecule has 23 heavy (non-hydrogen) atoms. The molecule has 1 aliphatic heterocycles. The number of piperidine rings is 1. The molecule has 0 radical (unpaired) electrons. The van der Waals surface area contributed by atoms with E-state index < -0.39 is 0 Å². The number of nitrogens with two attached hydrogens (primary N) is 1. The van der Waals surface area contributed by atoms with Gasteiger partial charge in [-0.1, -0.05) is 48.5 Å². The number of hydrogen-bond acceptors (Lipinski definition) is 2. The van der Waals surface area contributed by atoms with Gasteiger partial charge in [0.2, 0.25) is 5.91 Å². The molecule has 0 bridgehead atoms. The third-order valence-corrected chi connectivity index (χ3v) is 4.82. The average Bonchev–Trinajstić information content (AvgIpc) is 2.61. The Hall–Kier alpha value is -2.29. The van der Waals surface area contributed by atoms with E-state index in [9.17, 15) is 4.79 Å². The summed E-state index contributed by atoms with van der Waals surface area (Å²) in [6.07, 6.45) is 3.78. The van der Waals surface area contributed by atoms with Crippen molar-refractivity contribution in [2.24, 2.45) is 11.7 Å². The molecule has 1 aliphatic rings. The Kier molecular flexibility index (Phi) is 4.96. The molecule has 1 fully saturated rings. The Morgan fingerprint density at radius 1 is 1.04 bits per heavy atom. The molecular weight excluding hydrogens is 284 g/mol. The maximum absolute atomic E-state index is 11.6. The van der Waals surface area contributed by atoms with Gasteiger partial charge in [-0.3, -0.25) is 4.79 Å². The van der Waals surface area contributed by atoms with Crippen LogP contribution in [-0.4, -0.2) is 18.5 Å². The molecule has 3 nitrogen and oxygen atoms in total. The van der Waals surface area contributed by atoms with E-state index in [4.69, 9.17) is 5.73 Å². The van der Waals surface area contributed by atoms with Gasteiger partial charge in [-0.05, 0) is 43.4 Å². The third-order valence-electron chi connectivity index (χ3n) is 4.82. The Bertz CT molecular complexity index is 627. The molecule has 3 rings (SSSR count). The van der Waals surface area contributed by atoms with Gasteiger partial charge in [0.05, 0.1) is 0 Å². The number of rotatable bonds is 5. The molecule has 120 valence electrons. The van der Waals surface area contributed by atoms with Gasteiger partial charge >= 0.3 is 0 Å². The zero-order chi connectivity index (χ0) is 16.1. The van der Waals surface area contributed by atoms with Crippen molar-refractivity contribution in [2.45, 2.75) is 31.7 Å². The number of anilines is 1. The minimum Gasteiger partial charge on any atom is -0.369 e. The molecule has 1 amide bonds. The lowest BCUT2D eigenvalue weighted by atomic mass is 9.87. The largest absolute Gasteiger partial charge is 0.369 e. The number of amides is 1. The van der Waals surface area contributed by atoms with E-state index in [2.05, 4.69) is 53.4 Å². The fourth-order valence-corrected chi connectivity index (χ4v) is 3.52. The second-order valence-electron chi connectivity index (χ2n) is 6.33. The molecular formula is C20H24N2O. The summed E-state index contributed by atoms with van der Waals surface area (Å²) in [5.41, 5.74) is 8.16. The molecule has 0 saturated carbocycles. The Labute approximate surface area is 138 Å². The van der Waals surface area contributed by atoms with Crippen molar-refractivity contribution in [2.75, 3.05) is 11.4 Å². The lowest BCUT2D eigenvalue weighted by Crippen LogP contribution is -2.46. The molecule has 2 aromatic rings. The number of carbonyl (C=O) groups is 1. The van der Waals surface area contributed by atoms with Crippen molar-refractivity contribution in [3.8, 4) is 0 Å². The number of primary amides is 1. The molecule has 0 spiro atoms. The Morgan fingerprint density at radius 2 is 1.70 bits per heavy atom. The van der Waals surface area contributed by atoms with Gasteiger partial charge in [0, 0.05) is 24.2 Å². The summed E-state index contributed by atoms with van der Waals surface area (Å²) >= 11 is 0. The van der Waals surface area contributed by atoms with Crippen LogP contribution >= 0.6 is 0 Å². The van der Waals surface area contributed by atoms with Gasteiger partial charge in [-0.2, -0.15) is 0 Å². The number of para-hydroxylation sites is 1. The quantitative estimate of drug-likeness (QED) is 0.920. The highest BCUT2D eigenvalue weighted by Crippen LogP contribution is 2.30. The van der Waals surface area contributed by atoms with Crippen LogP contribution < -0.4 is 10.6 Å². The van der Waals surface area contributed by atoms with Crippen molar-refractivity contribution in [3.63, 3.8) is 0 Å². The van der Waals surface area contributed by atoms with E-state index in [0.717, 1.165) is 32.2 Å². The monoisotopic (exact) mass is 308 g/mol. The molecule has 2 unspecified atom stereocenters. The van der Waals surface area contributed by atoms with Crippen molar-refractivity contribution in [1.29, 1.82) is 0 Å². The van der Waals surface area contributed by atoms with Gasteiger partial charge in [0.1, 0.15) is 0 Å². The molecule has 2 atom stereocenters. The standard InChI is InChI=1S/C20H24N2O/c21-20(23)17-13-14-22(18-9-5-2-6-10-18)19(15-17)12-11-16-7-3-1-4-8-16/h1-10,17,19H,11-15H2,(H2,21,23). The fourth-order valence-electron chi connectivity index (χ4n) is 3.52. The number of aryl methyl sites for hydroxylation is 1. The summed E-state index contributed by atoms with van der Waals surface area (Å²) < 4.78 is 0. The highest BCUT2D eigenvalue weighted by molar-refractivity contribution is 5.77. The summed E-state index contributed by atoms with van der Waals surface area (Å²) in [6.45, 7) is 0.900. The van der Waals surface area contributed by atoms with Gasteiger partial charge in [-0.25, -0.2) is 0 Å². The lowest BCUT2D eigenvalue weighted by Gasteiger charge is -2.40. The summed E-state index contributed by atoms with van der Waals surface area (Å²) in [6, 6.07) is 21.4. The summed E-state index contributed by atoms with van der Waals surface area (Å²) in [5.74, 6) is -0.141. The first-order valence-corrected chi connectivity index (χ1v) is 8.39. The fraction of sp³-hybridized carbons (Fsp3) is 0.350. The van der Waals surface area contributed by atoms with Crippen LogP contribution in [-0.2, 0) is 11.2 Å². The highest BCUT2D eigenvalue weighted by atomic mass is 16.1. The zero-order valence-corrected chi connectivity index (χ0v) is 13.4. The predicted octanol–water partition coefficient (Wildman–Crippen LogP) is 3.39. The normalized spacial score (nSPS) is 21.1. The van der Waals surface area contributed by atoms with Crippen LogP contribution in [0, 0.1) is 5.92 Å². The van der Waals surface area contributed by atoms with E-state index in [1.807, 2.05) is 12.1 Å². The maximum atomic E-state index is 11.6. The number of nitrogens with zero attached hydrogens (tertiary/aromatic N) is 1. The topological polar surface area (TPSA) is 46.3 Å². The predicted molar refractivity (Wildman–Crippen MR) is 94.3 cm³/mol. The number of carbonyl (C=O) groups excluding carboxylic acids is 1. The van der Waals surface area contributed by atoms with E-state index in [0.29, 0.717) is 6.04 Å². The van der Waals surface area contributed by atoms with Gasteiger partial charge < -0.3 is 10.6 Å². The molecule has 2 N–H and O–H groups in total. The van der Waals surface area contributed by atoms with Crippen molar-refractivity contribution >= 4 is 11.6 Å². The first-order valence-electron chi connectivity index (χ1n) is 8.39. The van der Waals surface area contributed by atoms with Crippen LogP contribution in [0.1, 0.15) is 24.8 Å². The Balaban J connectivity index is 1.73. The van der Waals surface area contributed by atoms with Crippen molar-refractivity contribution in [1.82, 2.24) is 0 Å². The van der Waals surface area contributed by atoms with Crippen LogP contribution in [0.3, 0.4) is 0 Å². The van der Waals surface area contributed by atoms with E-state index in [1.165, 1.54) is 11.3 Å². The van der Waals surface area contributed by atoms with Gasteiger partial charge in [0.25, 0.3) is 0 Å². The smallest absolute Gasteiger partial charge is 0.220 e. The molecule has 3 heteroatoms. The van der Waals surface area contributed by atoms with E-state index in [-0.39, 0.29) is 11.8 Å². The Morgan fingerprint density at radius 3 is 2.35 bits per heavy atom. The van der Waals surface area contributed by atoms with E-state index >= 15 is 0 Å². The van der Waals surface area contributed by atoms with Crippen LogP contribution in [0.2, 0.25) is 0 Å². The third kappa shape index (κ3) is 3.92. The van der Waals surface area contributed by atoms with Crippen LogP contribution in [0.15, 0.2) is 60.7 Å². The van der Waals surface area contributed by atoms with Crippen LogP contribution in [0.25, 0.3) is 0 Å². The van der Waals surface area contributed by atoms with Crippen LogP contribution in [0.5, 0.6) is 0 Å². The molecule has 0 aromatic heterocycles. The molecule has 1 heterocycles. The average molecular weight is 308 g/mol. The molecule has 2 aromatic carbocycles. The minimum atomic E-state index is -0.151. The van der Waals surface area contributed by atoms with Crippen LogP contribution in [0.4, 0.5) is 5.69 Å². The summed E-state index contributed by atoms with van der Waals surface area (Å²) in [5, 5.41) is 0. The first-order chi connectivity index (χ1) is 11.2. The van der Waals surface area contributed by atoms with Gasteiger partial charge in [0.15, 0.2) is 0 Å². The maximum Gasteiger partial charge on any atom is 0.220 e. The van der Waals surface area contributed by atoms with Gasteiger partial charge in [-0.15, -0.1) is 0 Å². The SMILES string of the molecule is NC(=O)C1CCN(c2ccccc2)C(CCc2ccccc2)C1. The number of benzene rings is 2. The van der Waals surface area contributed by atoms with Crippen molar-refractivity contribution in [3.05, 3.63) is 66.2 Å². The first kappa shape index (κ1) is 15.6. The summed E-state index contributed by atoms with van der Waals surface area (Å²) in [4.78, 5) is 14.1. The molecule has 0 aliphatic carbocycles. The lowest BCUT2D eigenvalue weighted by molar-refractivity contribution is -0.122. The number of hydrogen-bond donors (Lipinski definition) is 1. The van der Waals surface area contributed by atoms with Crippen molar-refractivity contribution < 1.29 is 4.79 Å². The van der Waals surface area contributed by atoms with E-state index in [1.54, 1.807) is 0 Å². The summed E-state index contributed by atoms with van der Waals surface area (Å²) in [7, 11) is 0.